The van der Waals surface area contributed by atoms with Crippen LogP contribution in [-0.4, -0.2) is 100 Å². The number of aryl methyl sites for hydroxylation is 1. The second-order valence-corrected chi connectivity index (χ2v) is 18.8. The van der Waals surface area contributed by atoms with Gasteiger partial charge in [-0.3, -0.25) is 9.69 Å². The first-order chi connectivity index (χ1) is 25.8. The molecular formula is C41H55ClN4O7S. The molecule has 0 unspecified atom stereocenters. The number of hydrogen-bond acceptors (Lipinski definition) is 9. The molecule has 2 bridgehead atoms. The van der Waals surface area contributed by atoms with Crippen molar-refractivity contribution in [3.63, 3.8) is 0 Å². The van der Waals surface area contributed by atoms with Crippen LogP contribution in [-0.2, 0) is 32.5 Å². The molecule has 1 spiro atoms. The van der Waals surface area contributed by atoms with Crippen molar-refractivity contribution in [2.24, 2.45) is 17.8 Å². The fraction of sp³-hybridized carbons (Fsp3) is 0.610. The summed E-state index contributed by atoms with van der Waals surface area (Å²) in [6.07, 6.45) is 10.9. The summed E-state index contributed by atoms with van der Waals surface area (Å²) < 4.78 is 48.6. The van der Waals surface area contributed by atoms with Crippen molar-refractivity contribution < 1.29 is 32.2 Å². The van der Waals surface area contributed by atoms with Gasteiger partial charge in [-0.2, -0.15) is 0 Å². The van der Waals surface area contributed by atoms with Crippen molar-refractivity contribution in [2.75, 3.05) is 58.3 Å². The first-order valence-electron chi connectivity index (χ1n) is 19.5. The molecule has 5 atom stereocenters. The van der Waals surface area contributed by atoms with Gasteiger partial charge in [0.1, 0.15) is 23.6 Å². The van der Waals surface area contributed by atoms with Gasteiger partial charge in [0.2, 0.25) is 10.0 Å². The molecule has 7 rings (SSSR count). The maximum atomic E-state index is 13.6. The van der Waals surface area contributed by atoms with Crippen LogP contribution in [0.1, 0.15) is 80.3 Å². The summed E-state index contributed by atoms with van der Waals surface area (Å²) in [7, 11) is -0.393. The highest BCUT2D eigenvalue weighted by Crippen LogP contribution is 2.47. The molecule has 0 radical (unpaired) electrons. The number of fused-ring (bicyclic) bond motifs is 3. The lowest BCUT2D eigenvalue weighted by atomic mass is 9.63. The number of rotatable bonds is 3. The molecule has 2 saturated heterocycles. The Morgan fingerprint density at radius 1 is 1.02 bits per heavy atom. The highest BCUT2D eigenvalue weighted by atomic mass is 35.5. The Morgan fingerprint density at radius 3 is 2.52 bits per heavy atom. The fourth-order valence-corrected chi connectivity index (χ4v) is 10.6. The molecular weight excluding hydrogens is 728 g/mol. The number of allylic oxidation sites excluding steroid dienone is 1. The van der Waals surface area contributed by atoms with Gasteiger partial charge in [0.25, 0.3) is 5.91 Å². The first kappa shape index (κ1) is 38.9. The largest absolute Gasteiger partial charge is 0.487 e. The van der Waals surface area contributed by atoms with E-state index in [1.54, 1.807) is 44.2 Å². The van der Waals surface area contributed by atoms with Crippen molar-refractivity contribution in [2.45, 2.75) is 88.3 Å². The zero-order chi connectivity index (χ0) is 38.3. The molecule has 13 heteroatoms. The van der Waals surface area contributed by atoms with Crippen molar-refractivity contribution in [1.82, 2.24) is 14.5 Å². The van der Waals surface area contributed by atoms with Gasteiger partial charge in [-0.1, -0.05) is 36.7 Å². The van der Waals surface area contributed by atoms with E-state index in [0.717, 1.165) is 82.4 Å². The monoisotopic (exact) mass is 782 g/mol. The van der Waals surface area contributed by atoms with Crippen LogP contribution in [0.3, 0.4) is 0 Å². The number of nitrogens with one attached hydrogen (secondary N) is 1. The van der Waals surface area contributed by atoms with Crippen LogP contribution in [0, 0.1) is 17.8 Å². The van der Waals surface area contributed by atoms with Crippen molar-refractivity contribution in [1.29, 1.82) is 0 Å². The Labute approximate surface area is 325 Å². The Morgan fingerprint density at radius 2 is 1.81 bits per heavy atom. The maximum Gasteiger partial charge on any atom is 0.410 e. The predicted molar refractivity (Wildman–Crippen MR) is 210 cm³/mol. The van der Waals surface area contributed by atoms with Crippen molar-refractivity contribution in [3.8, 4) is 5.75 Å². The number of nitrogens with zero attached hydrogens (tertiary/aromatic N) is 3. The lowest BCUT2D eigenvalue weighted by molar-refractivity contribution is -0.101. The molecule has 1 saturated carbocycles. The molecule has 2 aromatic carbocycles. The minimum Gasteiger partial charge on any atom is -0.487 e. The standard InChI is InChI=1S/C41H55ClN4O7S/c1-28-8-7-16-41(51-4,27-45-20-17-40(18-21-45)26-44(3)39(48)53-40)35-14-11-32(35)24-46-19-6-5-9-30-22-34(42)13-10-33(30)25-52-37-15-12-31(23-36(37)46)38(47)43-54(49,50)29(28)2/h7,10,12-13,15-16,22-23,28-29,32,35H,5-6,8-9,11,14,17-21,24-27H2,1-4H3,(H,43,47)/b16-7+/t28-,29+,32-,35+,41+/m0/s1. The van der Waals surface area contributed by atoms with Gasteiger partial charge in [-0.15, -0.1) is 0 Å². The zero-order valence-electron chi connectivity index (χ0n) is 32.0. The number of hydrogen-bond donors (Lipinski definition) is 1. The molecule has 5 aliphatic rings. The number of likely N-dealkylation sites (N-methyl/N-ethyl adjacent to an activating group) is 1. The number of amides is 2. The van der Waals surface area contributed by atoms with E-state index < -0.39 is 32.4 Å². The number of methoxy groups -OCH3 is 1. The molecule has 1 aliphatic carbocycles. The molecule has 1 N–H and O–H groups in total. The molecule has 4 heterocycles. The number of carbonyl (C=O) groups excluding carboxylic acids is 2. The van der Waals surface area contributed by atoms with E-state index in [2.05, 4.69) is 26.7 Å². The number of halogens is 1. The van der Waals surface area contributed by atoms with Gasteiger partial charge in [0, 0.05) is 70.3 Å². The Kier molecular flexibility index (Phi) is 11.3. The quantitative estimate of drug-likeness (QED) is 0.352. The molecule has 54 heavy (non-hydrogen) atoms. The molecule has 294 valence electrons. The Hall–Kier alpha value is -3.32. The second kappa shape index (κ2) is 15.7. The molecule has 2 amide bonds. The van der Waals surface area contributed by atoms with Gasteiger partial charge >= 0.3 is 6.09 Å². The van der Waals surface area contributed by atoms with E-state index in [9.17, 15) is 18.0 Å². The average molecular weight is 783 g/mol. The van der Waals surface area contributed by atoms with E-state index in [-0.39, 0.29) is 23.5 Å². The number of likely N-dealkylation sites (tertiary alicyclic amines) is 1. The van der Waals surface area contributed by atoms with Crippen LogP contribution < -0.4 is 14.4 Å². The van der Waals surface area contributed by atoms with Crippen LogP contribution in [0.4, 0.5) is 10.5 Å². The zero-order valence-corrected chi connectivity index (χ0v) is 33.6. The van der Waals surface area contributed by atoms with Gasteiger partial charge in [-0.05, 0) is 105 Å². The van der Waals surface area contributed by atoms with Gasteiger partial charge in [-0.25, -0.2) is 17.9 Å². The van der Waals surface area contributed by atoms with E-state index in [1.165, 1.54) is 5.56 Å². The minimum absolute atomic E-state index is 0.204. The number of carbonyl (C=O) groups is 2. The lowest BCUT2D eigenvalue weighted by Gasteiger charge is -2.52. The van der Waals surface area contributed by atoms with Crippen LogP contribution >= 0.6 is 11.6 Å². The van der Waals surface area contributed by atoms with Crippen LogP contribution in [0.2, 0.25) is 5.02 Å². The predicted octanol–water partition coefficient (Wildman–Crippen LogP) is 6.43. The molecule has 11 nitrogen and oxygen atoms in total. The summed E-state index contributed by atoms with van der Waals surface area (Å²) in [6.45, 7) is 8.27. The topological polar surface area (TPSA) is 118 Å². The molecule has 3 fully saturated rings. The van der Waals surface area contributed by atoms with Gasteiger partial charge < -0.3 is 24.0 Å². The summed E-state index contributed by atoms with van der Waals surface area (Å²) in [5, 5.41) is -0.110. The normalized spacial score (nSPS) is 30.8. The third-order valence-corrected chi connectivity index (χ3v) is 15.1. The molecule has 2 aromatic rings. The minimum atomic E-state index is -3.99. The molecule has 0 aromatic heterocycles. The number of anilines is 1. The average Bonchev–Trinajstić information content (AvgIpc) is 3.39. The third-order valence-electron chi connectivity index (χ3n) is 12.9. The number of benzene rings is 2. The highest BCUT2D eigenvalue weighted by molar-refractivity contribution is 7.90. The molecule has 4 aliphatic heterocycles. The van der Waals surface area contributed by atoms with Crippen LogP contribution in [0.15, 0.2) is 48.6 Å². The van der Waals surface area contributed by atoms with E-state index in [0.29, 0.717) is 42.8 Å². The summed E-state index contributed by atoms with van der Waals surface area (Å²) in [5.74, 6) is 0.246. The SMILES string of the molecule is CO[C@@]1(CN2CCC3(CC2)CN(C)C(=O)O3)/C=C/C[C@H](C)[C@@H](C)S(=O)(=O)NC(=O)c2ccc3c(c2)N(CCCCc2cc(Cl)ccc2CO3)C[C@@H]2CC[C@H]21. The smallest absolute Gasteiger partial charge is 0.410 e. The summed E-state index contributed by atoms with van der Waals surface area (Å²) in [4.78, 5) is 32.4. The number of sulfonamides is 1. The first-order valence-corrected chi connectivity index (χ1v) is 21.5. The van der Waals surface area contributed by atoms with Crippen molar-refractivity contribution >= 4 is 39.3 Å². The summed E-state index contributed by atoms with van der Waals surface area (Å²) in [6, 6.07) is 11.2. The van der Waals surface area contributed by atoms with Gasteiger partial charge in [0.15, 0.2) is 0 Å². The van der Waals surface area contributed by atoms with Crippen molar-refractivity contribution in [3.05, 3.63) is 70.3 Å². The van der Waals surface area contributed by atoms with Crippen LogP contribution in [0.25, 0.3) is 0 Å². The number of piperidine rings is 1. The summed E-state index contributed by atoms with van der Waals surface area (Å²) in [5.41, 5.74) is 2.26. The van der Waals surface area contributed by atoms with Gasteiger partial charge in [0.05, 0.1) is 17.5 Å². The van der Waals surface area contributed by atoms with E-state index in [1.807, 2.05) is 25.1 Å². The maximum absolute atomic E-state index is 13.6. The third kappa shape index (κ3) is 7.99. The van der Waals surface area contributed by atoms with E-state index >= 15 is 0 Å². The fourth-order valence-electron chi connectivity index (χ4n) is 9.15. The Balaban J connectivity index is 1.23. The summed E-state index contributed by atoms with van der Waals surface area (Å²) >= 11 is 6.40. The van der Waals surface area contributed by atoms with Crippen LogP contribution in [0.5, 0.6) is 5.75 Å². The Bertz CT molecular complexity index is 1860. The highest BCUT2D eigenvalue weighted by Gasteiger charge is 2.50. The second-order valence-electron chi connectivity index (χ2n) is 16.4. The number of ether oxygens (including phenoxy) is 3. The lowest BCUT2D eigenvalue weighted by Crippen LogP contribution is -2.58. The van der Waals surface area contributed by atoms with E-state index in [4.69, 9.17) is 25.8 Å².